The van der Waals surface area contributed by atoms with Crippen molar-refractivity contribution in [2.24, 2.45) is 5.73 Å². The summed E-state index contributed by atoms with van der Waals surface area (Å²) in [6.07, 6.45) is 3.15. The van der Waals surface area contributed by atoms with Crippen LogP contribution in [-0.2, 0) is 6.42 Å². The second-order valence-corrected chi connectivity index (χ2v) is 5.42. The number of piperidine rings is 1. The van der Waals surface area contributed by atoms with Gasteiger partial charge in [0.25, 0.3) is 5.91 Å². The van der Waals surface area contributed by atoms with Gasteiger partial charge < -0.3 is 16.0 Å². The fraction of sp³-hybridized carbons (Fsp3) is 0.467. The van der Waals surface area contributed by atoms with Crippen molar-refractivity contribution >= 4 is 16.9 Å². The number of imidazole rings is 1. The van der Waals surface area contributed by atoms with E-state index in [1.165, 1.54) is 0 Å². The van der Waals surface area contributed by atoms with Gasteiger partial charge >= 0.3 is 0 Å². The molecule has 1 aromatic heterocycles. The molecular formula is C15H20N4O. The van der Waals surface area contributed by atoms with E-state index in [1.807, 2.05) is 6.07 Å². The molecule has 1 atom stereocenters. The summed E-state index contributed by atoms with van der Waals surface area (Å²) in [7, 11) is 0. The summed E-state index contributed by atoms with van der Waals surface area (Å²) in [5.74, 6) is 0.940. The lowest BCUT2D eigenvalue weighted by atomic mass is 9.99. The van der Waals surface area contributed by atoms with Crippen molar-refractivity contribution < 1.29 is 4.79 Å². The Balaban J connectivity index is 2.09. The topological polar surface area (TPSA) is 83.8 Å². The molecule has 0 spiro atoms. The van der Waals surface area contributed by atoms with E-state index >= 15 is 0 Å². The van der Waals surface area contributed by atoms with Crippen molar-refractivity contribution in [3.8, 4) is 0 Å². The lowest BCUT2D eigenvalue weighted by Gasteiger charge is -2.20. The molecule has 1 saturated heterocycles. The minimum atomic E-state index is -0.412. The molecule has 0 saturated carbocycles. The molecule has 5 nitrogen and oxygen atoms in total. The standard InChI is InChI=1S/C15H20N4O/c1-2-9-6-11(14(16)20)13-12(7-9)18-15(19-13)10-4-3-5-17-8-10/h6-7,10,17H,2-5,8H2,1H3,(H2,16,20)(H,18,19). The number of benzene rings is 1. The third kappa shape index (κ3) is 2.29. The maximum Gasteiger partial charge on any atom is 0.250 e. The van der Waals surface area contributed by atoms with E-state index in [2.05, 4.69) is 28.3 Å². The quantitative estimate of drug-likeness (QED) is 0.795. The van der Waals surface area contributed by atoms with E-state index in [4.69, 9.17) is 5.73 Å². The van der Waals surface area contributed by atoms with Crippen LogP contribution in [0, 0.1) is 0 Å². The Morgan fingerprint density at radius 3 is 3.00 bits per heavy atom. The molecule has 106 valence electrons. The average Bonchev–Trinajstić information content (AvgIpc) is 2.90. The van der Waals surface area contributed by atoms with E-state index < -0.39 is 5.91 Å². The van der Waals surface area contributed by atoms with Crippen molar-refractivity contribution in [3.05, 3.63) is 29.1 Å². The summed E-state index contributed by atoms with van der Waals surface area (Å²) in [5.41, 5.74) is 8.72. The van der Waals surface area contributed by atoms with Gasteiger partial charge in [-0.15, -0.1) is 0 Å². The molecule has 20 heavy (non-hydrogen) atoms. The number of amides is 1. The molecule has 1 unspecified atom stereocenters. The number of aryl methyl sites for hydroxylation is 1. The van der Waals surface area contributed by atoms with Crippen LogP contribution in [0.2, 0.25) is 0 Å². The lowest BCUT2D eigenvalue weighted by molar-refractivity contribution is 0.100. The number of primary amides is 1. The molecule has 4 N–H and O–H groups in total. The number of nitrogens with two attached hydrogens (primary N) is 1. The number of carbonyl (C=O) groups excluding carboxylic acids is 1. The largest absolute Gasteiger partial charge is 0.366 e. The fourth-order valence-electron chi connectivity index (χ4n) is 2.87. The maximum atomic E-state index is 11.6. The molecule has 0 aliphatic carbocycles. The van der Waals surface area contributed by atoms with Crippen LogP contribution in [0.15, 0.2) is 12.1 Å². The van der Waals surface area contributed by atoms with Crippen LogP contribution in [0.4, 0.5) is 0 Å². The summed E-state index contributed by atoms with van der Waals surface area (Å²) in [5, 5.41) is 3.39. The number of fused-ring (bicyclic) bond motifs is 1. The summed E-state index contributed by atoms with van der Waals surface area (Å²) in [4.78, 5) is 19.6. The highest BCUT2D eigenvalue weighted by molar-refractivity contribution is 6.04. The minimum Gasteiger partial charge on any atom is -0.366 e. The lowest BCUT2D eigenvalue weighted by Crippen LogP contribution is -2.28. The molecule has 1 aliphatic heterocycles. The highest BCUT2D eigenvalue weighted by atomic mass is 16.1. The predicted molar refractivity (Wildman–Crippen MR) is 78.8 cm³/mol. The number of hydrogen-bond acceptors (Lipinski definition) is 3. The van der Waals surface area contributed by atoms with E-state index in [-0.39, 0.29) is 0 Å². The number of carbonyl (C=O) groups is 1. The third-order valence-electron chi connectivity index (χ3n) is 4.02. The van der Waals surface area contributed by atoms with E-state index in [1.54, 1.807) is 0 Å². The fourth-order valence-corrected chi connectivity index (χ4v) is 2.87. The van der Waals surface area contributed by atoms with Crippen LogP contribution in [0.3, 0.4) is 0 Å². The average molecular weight is 272 g/mol. The summed E-state index contributed by atoms with van der Waals surface area (Å²) >= 11 is 0. The van der Waals surface area contributed by atoms with Crippen molar-refractivity contribution in [2.75, 3.05) is 13.1 Å². The first-order valence-corrected chi connectivity index (χ1v) is 7.22. The minimum absolute atomic E-state index is 0.391. The first kappa shape index (κ1) is 13.1. The van der Waals surface area contributed by atoms with Crippen LogP contribution >= 0.6 is 0 Å². The molecule has 1 aromatic carbocycles. The Morgan fingerprint density at radius 1 is 1.50 bits per heavy atom. The van der Waals surface area contributed by atoms with E-state index in [0.717, 1.165) is 49.3 Å². The number of aromatic amines is 1. The predicted octanol–water partition coefficient (Wildman–Crippen LogP) is 1.69. The molecule has 1 amide bonds. The zero-order valence-corrected chi connectivity index (χ0v) is 11.7. The van der Waals surface area contributed by atoms with Gasteiger partial charge in [-0.1, -0.05) is 6.92 Å². The molecule has 5 heteroatoms. The highest BCUT2D eigenvalue weighted by Gasteiger charge is 2.20. The van der Waals surface area contributed by atoms with Gasteiger partial charge in [0.15, 0.2) is 0 Å². The van der Waals surface area contributed by atoms with Gasteiger partial charge in [0.2, 0.25) is 0 Å². The normalized spacial score (nSPS) is 19.4. The zero-order chi connectivity index (χ0) is 14.1. The zero-order valence-electron chi connectivity index (χ0n) is 11.7. The van der Waals surface area contributed by atoms with Crippen LogP contribution in [0.25, 0.3) is 11.0 Å². The number of hydrogen-bond donors (Lipinski definition) is 3. The first-order chi connectivity index (χ1) is 9.69. The van der Waals surface area contributed by atoms with Crippen LogP contribution < -0.4 is 11.1 Å². The number of H-pyrrole nitrogens is 1. The summed E-state index contributed by atoms with van der Waals surface area (Å²) < 4.78 is 0. The molecule has 2 aromatic rings. The van der Waals surface area contributed by atoms with Gasteiger partial charge in [-0.05, 0) is 43.5 Å². The highest BCUT2D eigenvalue weighted by Crippen LogP contribution is 2.26. The van der Waals surface area contributed by atoms with Crippen LogP contribution in [0.1, 0.15) is 47.4 Å². The Morgan fingerprint density at radius 2 is 2.35 bits per heavy atom. The smallest absolute Gasteiger partial charge is 0.250 e. The number of nitrogens with one attached hydrogen (secondary N) is 2. The molecule has 1 aliphatic rings. The van der Waals surface area contributed by atoms with Crippen molar-refractivity contribution in [2.45, 2.75) is 32.1 Å². The van der Waals surface area contributed by atoms with Gasteiger partial charge in [-0.25, -0.2) is 4.98 Å². The molecule has 3 rings (SSSR count). The summed E-state index contributed by atoms with van der Waals surface area (Å²) in [6, 6.07) is 3.92. The van der Waals surface area contributed by atoms with Gasteiger partial charge in [0, 0.05) is 12.5 Å². The third-order valence-corrected chi connectivity index (χ3v) is 4.02. The second kappa shape index (κ2) is 5.25. The van der Waals surface area contributed by atoms with Gasteiger partial charge in [0.05, 0.1) is 11.1 Å². The number of nitrogens with zero attached hydrogens (tertiary/aromatic N) is 1. The molecule has 2 heterocycles. The Hall–Kier alpha value is -1.88. The molecule has 0 bridgehead atoms. The van der Waals surface area contributed by atoms with Crippen molar-refractivity contribution in [3.63, 3.8) is 0 Å². The Kier molecular flexibility index (Phi) is 3.44. The van der Waals surface area contributed by atoms with Gasteiger partial charge in [-0.3, -0.25) is 4.79 Å². The summed E-state index contributed by atoms with van der Waals surface area (Å²) in [6.45, 7) is 4.07. The number of aromatic nitrogens is 2. The van der Waals surface area contributed by atoms with Crippen molar-refractivity contribution in [1.82, 2.24) is 15.3 Å². The van der Waals surface area contributed by atoms with Crippen molar-refractivity contribution in [1.29, 1.82) is 0 Å². The van der Waals surface area contributed by atoms with E-state index in [0.29, 0.717) is 17.0 Å². The monoisotopic (exact) mass is 272 g/mol. The SMILES string of the molecule is CCc1cc(C(N)=O)c2nc(C3CCCNC3)[nH]c2c1. The molecular weight excluding hydrogens is 252 g/mol. The Bertz CT molecular complexity index is 641. The number of rotatable bonds is 3. The van der Waals surface area contributed by atoms with E-state index in [9.17, 15) is 4.79 Å². The Labute approximate surface area is 118 Å². The maximum absolute atomic E-state index is 11.6. The van der Waals surface area contributed by atoms with Gasteiger partial charge in [-0.2, -0.15) is 0 Å². The first-order valence-electron chi connectivity index (χ1n) is 7.22. The molecule has 0 radical (unpaired) electrons. The van der Waals surface area contributed by atoms with Gasteiger partial charge in [0.1, 0.15) is 11.3 Å². The molecule has 1 fully saturated rings. The van der Waals surface area contributed by atoms with Crippen LogP contribution in [0.5, 0.6) is 0 Å². The second-order valence-electron chi connectivity index (χ2n) is 5.42. The van der Waals surface area contributed by atoms with Crippen LogP contribution in [-0.4, -0.2) is 29.0 Å².